The molecule has 3 saturated heterocycles. The van der Waals surface area contributed by atoms with Crippen molar-refractivity contribution in [2.75, 3.05) is 92.1 Å². The number of hydrogen-bond donors (Lipinski definition) is 2. The summed E-state index contributed by atoms with van der Waals surface area (Å²) >= 11 is 0. The van der Waals surface area contributed by atoms with Gasteiger partial charge in [0.1, 0.15) is 17.5 Å². The molecule has 1 atom stereocenters. The third-order valence-corrected chi connectivity index (χ3v) is 15.0. The number of urea groups is 1. The molecule has 1 unspecified atom stereocenters. The van der Waals surface area contributed by atoms with Crippen LogP contribution >= 0.6 is 0 Å². The van der Waals surface area contributed by atoms with Crippen molar-refractivity contribution in [1.82, 2.24) is 39.7 Å². The SMILES string of the molecule is COc1cc(-c2cn(C)c(=O)c3c2CCN(C(=O)NC2CC4(CCN(CCCN5CCN(c6ccc7c(c6)C(=O)N(C6CCC(=O)NC6=O)C7=O)CC5)CC4)C2)C3)cc(OC)c1CN(C)C. The topological polar surface area (TPSA) is 169 Å². The van der Waals surface area contributed by atoms with E-state index in [2.05, 4.69) is 30.2 Å². The number of aryl methyl sites for hydroxylation is 1. The molecule has 352 valence electrons. The highest BCUT2D eigenvalue weighted by Gasteiger charge is 2.47. The van der Waals surface area contributed by atoms with Crippen molar-refractivity contribution < 1.29 is 33.4 Å². The van der Waals surface area contributed by atoms with E-state index in [0.717, 1.165) is 129 Å². The summed E-state index contributed by atoms with van der Waals surface area (Å²) in [5, 5.41) is 5.56. The molecule has 17 nitrogen and oxygen atoms in total. The van der Waals surface area contributed by atoms with Gasteiger partial charge in [0, 0.05) is 81.8 Å². The molecule has 66 heavy (non-hydrogen) atoms. The van der Waals surface area contributed by atoms with Crippen molar-refractivity contribution in [3.05, 3.63) is 74.7 Å². The van der Waals surface area contributed by atoms with Gasteiger partial charge >= 0.3 is 6.03 Å². The summed E-state index contributed by atoms with van der Waals surface area (Å²) in [6.07, 6.45) is 8.05. The standard InChI is InChI=1S/C49H63N9O8/c1-52(2)28-39-41(65-4)23-31(24-42(39)66-5)37-29-53(3)45(61)38-30-57(16-11-34(37)38)48(64)50-32-26-49(27-32)12-17-54(18-13-49)14-6-15-55-19-21-56(22-20-55)33-7-8-35-36(25-33)47(63)58(46(35)62)40-9-10-43(59)51-44(40)60/h7-8,23-25,29,32,40H,6,9-22,26-28,30H2,1-5H3,(H,50,64)(H,51,59,60). The van der Waals surface area contributed by atoms with Crippen molar-refractivity contribution in [3.63, 3.8) is 0 Å². The van der Waals surface area contributed by atoms with Gasteiger partial charge in [0.25, 0.3) is 17.4 Å². The molecule has 2 aromatic carbocycles. The Morgan fingerprint density at radius 2 is 1.48 bits per heavy atom. The van der Waals surface area contributed by atoms with E-state index in [1.165, 1.54) is 0 Å². The molecule has 0 radical (unpaired) electrons. The van der Waals surface area contributed by atoms with Crippen molar-refractivity contribution in [1.29, 1.82) is 0 Å². The fourth-order valence-corrected chi connectivity index (χ4v) is 11.2. The summed E-state index contributed by atoms with van der Waals surface area (Å²) in [5.41, 5.74) is 6.14. The number of likely N-dealkylation sites (tertiary alicyclic amines) is 1. The van der Waals surface area contributed by atoms with Crippen LogP contribution in [0.3, 0.4) is 0 Å². The third-order valence-electron chi connectivity index (χ3n) is 15.0. The summed E-state index contributed by atoms with van der Waals surface area (Å²) in [5.74, 6) is -0.509. The number of carbonyl (C=O) groups excluding carboxylic acids is 5. The van der Waals surface area contributed by atoms with Crippen LogP contribution in [0.25, 0.3) is 11.1 Å². The second-order valence-corrected chi connectivity index (χ2v) is 19.4. The molecule has 5 aliphatic heterocycles. The van der Waals surface area contributed by atoms with E-state index in [9.17, 15) is 28.8 Å². The minimum absolute atomic E-state index is 0.0823. The lowest BCUT2D eigenvalue weighted by Crippen LogP contribution is -2.57. The molecule has 17 heteroatoms. The zero-order valence-corrected chi connectivity index (χ0v) is 39.0. The number of methoxy groups -OCH3 is 2. The molecule has 1 aromatic heterocycles. The van der Waals surface area contributed by atoms with Gasteiger partial charge in [0.2, 0.25) is 11.8 Å². The van der Waals surface area contributed by atoms with Crippen LogP contribution in [0.2, 0.25) is 0 Å². The zero-order valence-electron chi connectivity index (χ0n) is 39.0. The number of nitrogens with zero attached hydrogens (tertiary/aromatic N) is 7. The molecule has 6 heterocycles. The number of aromatic nitrogens is 1. The lowest BCUT2D eigenvalue weighted by molar-refractivity contribution is -0.136. The Hall–Kier alpha value is -5.78. The van der Waals surface area contributed by atoms with Crippen LogP contribution in [0.1, 0.15) is 82.4 Å². The predicted molar refractivity (Wildman–Crippen MR) is 248 cm³/mol. The molecule has 1 saturated carbocycles. The van der Waals surface area contributed by atoms with Crippen molar-refractivity contribution in [2.24, 2.45) is 12.5 Å². The fourth-order valence-electron chi connectivity index (χ4n) is 11.2. The molecular formula is C49H63N9O8. The van der Waals surface area contributed by atoms with E-state index >= 15 is 0 Å². The van der Waals surface area contributed by atoms with Crippen LogP contribution in [-0.2, 0) is 36.1 Å². The smallest absolute Gasteiger partial charge is 0.317 e. The van der Waals surface area contributed by atoms with Gasteiger partial charge < -0.3 is 39.0 Å². The van der Waals surface area contributed by atoms with Gasteiger partial charge in [0.15, 0.2) is 0 Å². The van der Waals surface area contributed by atoms with Crippen LogP contribution in [0, 0.1) is 5.41 Å². The average molecular weight is 906 g/mol. The Morgan fingerprint density at radius 1 is 0.818 bits per heavy atom. The number of piperidine rings is 2. The maximum absolute atomic E-state index is 13.7. The third kappa shape index (κ3) is 8.79. The monoisotopic (exact) mass is 905 g/mol. The first-order valence-corrected chi connectivity index (χ1v) is 23.5. The Labute approximate surface area is 385 Å². The van der Waals surface area contributed by atoms with E-state index in [1.54, 1.807) is 42.9 Å². The Balaban J connectivity index is 0.707. The van der Waals surface area contributed by atoms with Crippen molar-refractivity contribution in [3.8, 4) is 22.6 Å². The van der Waals surface area contributed by atoms with Crippen LogP contribution in [0.15, 0.2) is 41.3 Å². The highest BCUT2D eigenvalue weighted by atomic mass is 16.5. The molecule has 3 aromatic rings. The quantitative estimate of drug-likeness (QED) is 0.256. The molecular weight excluding hydrogens is 843 g/mol. The van der Waals surface area contributed by atoms with Crippen LogP contribution < -0.4 is 30.6 Å². The first-order valence-electron chi connectivity index (χ1n) is 23.5. The molecule has 1 spiro atoms. The van der Waals surface area contributed by atoms with Gasteiger partial charge in [0.05, 0.1) is 37.5 Å². The van der Waals surface area contributed by atoms with Crippen LogP contribution in [0.5, 0.6) is 11.5 Å². The number of pyridine rings is 1. The van der Waals surface area contributed by atoms with Gasteiger partial charge in [-0.15, -0.1) is 0 Å². The number of benzene rings is 2. The minimum atomic E-state index is -0.971. The van der Waals surface area contributed by atoms with Gasteiger partial charge in [-0.2, -0.15) is 0 Å². The summed E-state index contributed by atoms with van der Waals surface area (Å²) in [4.78, 5) is 90.0. The summed E-state index contributed by atoms with van der Waals surface area (Å²) < 4.78 is 13.2. The number of hydrogen-bond acceptors (Lipinski definition) is 12. The average Bonchev–Trinajstić information content (AvgIpc) is 3.55. The number of fused-ring (bicyclic) bond motifs is 2. The van der Waals surface area contributed by atoms with Gasteiger partial charge in [-0.25, -0.2) is 4.79 Å². The van der Waals surface area contributed by atoms with Crippen molar-refractivity contribution >= 4 is 35.3 Å². The Morgan fingerprint density at radius 3 is 2.14 bits per heavy atom. The number of nitrogens with one attached hydrogen (secondary N) is 2. The van der Waals surface area contributed by atoms with Gasteiger partial charge in [-0.3, -0.25) is 39.1 Å². The molecule has 6 amide bonds. The zero-order chi connectivity index (χ0) is 46.4. The minimum Gasteiger partial charge on any atom is -0.496 e. The van der Waals surface area contributed by atoms with Crippen LogP contribution in [0.4, 0.5) is 10.5 Å². The number of rotatable bonds is 12. The first kappa shape index (κ1) is 45.4. The number of amides is 6. The van der Waals surface area contributed by atoms with E-state index in [0.29, 0.717) is 36.2 Å². The lowest BCUT2D eigenvalue weighted by atomic mass is 9.60. The van der Waals surface area contributed by atoms with Crippen LogP contribution in [-0.4, -0.2) is 158 Å². The van der Waals surface area contributed by atoms with E-state index in [1.807, 2.05) is 38.5 Å². The Kier molecular flexibility index (Phi) is 12.7. The molecule has 1 aliphatic carbocycles. The van der Waals surface area contributed by atoms with E-state index in [4.69, 9.17) is 9.47 Å². The number of anilines is 1. The van der Waals surface area contributed by atoms with Gasteiger partial charge in [-0.1, -0.05) is 0 Å². The number of carbonyl (C=O) groups is 5. The van der Waals surface area contributed by atoms with Gasteiger partial charge in [-0.05, 0) is 132 Å². The molecule has 9 rings (SSSR count). The fraction of sp³-hybridized carbons (Fsp3) is 0.551. The molecule has 2 N–H and O–H groups in total. The predicted octanol–water partition coefficient (Wildman–Crippen LogP) is 3.06. The maximum atomic E-state index is 13.7. The van der Waals surface area contributed by atoms with E-state index in [-0.39, 0.29) is 42.4 Å². The molecule has 0 bridgehead atoms. The lowest BCUT2D eigenvalue weighted by Gasteiger charge is -2.52. The highest BCUT2D eigenvalue weighted by Crippen LogP contribution is 2.49. The maximum Gasteiger partial charge on any atom is 0.317 e. The highest BCUT2D eigenvalue weighted by molar-refractivity contribution is 6.23. The second-order valence-electron chi connectivity index (χ2n) is 19.4. The first-order chi connectivity index (χ1) is 31.7. The number of imide groups is 2. The second kappa shape index (κ2) is 18.5. The molecule has 4 fully saturated rings. The van der Waals surface area contributed by atoms with Crippen molar-refractivity contribution in [2.45, 2.75) is 76.5 Å². The summed E-state index contributed by atoms with van der Waals surface area (Å²) in [6.45, 7) is 9.10. The Bertz CT molecular complexity index is 2460. The van der Waals surface area contributed by atoms with E-state index < -0.39 is 29.7 Å². The largest absolute Gasteiger partial charge is 0.496 e. The number of ether oxygens (including phenoxy) is 2. The number of piperazine rings is 1. The molecule has 6 aliphatic rings. The summed E-state index contributed by atoms with van der Waals surface area (Å²) in [7, 11) is 9.09. The summed E-state index contributed by atoms with van der Waals surface area (Å²) in [6, 6.07) is 8.45. The normalized spacial score (nSPS) is 21.2.